The van der Waals surface area contributed by atoms with Gasteiger partial charge in [-0.05, 0) is 43.5 Å². The van der Waals surface area contributed by atoms with Gasteiger partial charge in [-0.15, -0.1) is 0 Å². The van der Waals surface area contributed by atoms with Crippen LogP contribution in [0.4, 0.5) is 10.5 Å². The highest BCUT2D eigenvalue weighted by Crippen LogP contribution is 2.37. The zero-order valence-corrected chi connectivity index (χ0v) is 16.7. The molecule has 2 amide bonds. The van der Waals surface area contributed by atoms with Crippen molar-refractivity contribution < 1.29 is 13.2 Å². The van der Waals surface area contributed by atoms with Gasteiger partial charge in [0.25, 0.3) is 0 Å². The molecule has 2 aromatic carbocycles. The van der Waals surface area contributed by atoms with Crippen LogP contribution in [0, 0.1) is 20.8 Å². The molecule has 0 unspecified atom stereocenters. The first-order valence-electron chi connectivity index (χ1n) is 9.18. The number of aryl methyl sites for hydroxylation is 3. The normalized spacial score (nSPS) is 23.7. The second-order valence-corrected chi connectivity index (χ2v) is 9.92. The topological polar surface area (TPSA) is 57.7 Å². The summed E-state index contributed by atoms with van der Waals surface area (Å²) in [5.41, 5.74) is 5.00. The van der Waals surface area contributed by atoms with Crippen LogP contribution in [0.2, 0.25) is 0 Å². The molecule has 0 saturated carbocycles. The van der Waals surface area contributed by atoms with Crippen LogP contribution in [-0.2, 0) is 16.4 Å². The summed E-state index contributed by atoms with van der Waals surface area (Å²) < 4.78 is 24.7. The molecule has 0 spiro atoms. The fraction of sp³-hybridized carbons (Fsp3) is 0.381. The second kappa shape index (κ2) is 6.37. The number of sulfone groups is 1. The predicted molar refractivity (Wildman–Crippen MR) is 107 cm³/mol. The molecule has 2 aliphatic heterocycles. The molecule has 2 aromatic rings. The van der Waals surface area contributed by atoms with Gasteiger partial charge >= 0.3 is 6.03 Å². The maximum absolute atomic E-state index is 13.3. The van der Waals surface area contributed by atoms with E-state index in [2.05, 4.69) is 0 Å². The Morgan fingerprint density at radius 3 is 2.41 bits per heavy atom. The van der Waals surface area contributed by atoms with E-state index >= 15 is 0 Å². The van der Waals surface area contributed by atoms with Gasteiger partial charge in [-0.2, -0.15) is 0 Å². The van der Waals surface area contributed by atoms with E-state index in [9.17, 15) is 13.2 Å². The first-order valence-corrected chi connectivity index (χ1v) is 11.0. The molecule has 142 valence electrons. The van der Waals surface area contributed by atoms with Crippen molar-refractivity contribution in [3.63, 3.8) is 0 Å². The molecule has 2 heterocycles. The quantitative estimate of drug-likeness (QED) is 0.764. The lowest BCUT2D eigenvalue weighted by molar-refractivity contribution is 0.206. The lowest BCUT2D eigenvalue weighted by Gasteiger charge is -2.24. The Kier molecular flexibility index (Phi) is 4.26. The molecular weight excluding hydrogens is 360 g/mol. The van der Waals surface area contributed by atoms with Gasteiger partial charge in [0, 0.05) is 12.2 Å². The molecule has 2 aliphatic rings. The van der Waals surface area contributed by atoms with Crippen molar-refractivity contribution in [2.45, 2.75) is 39.4 Å². The van der Waals surface area contributed by atoms with E-state index in [0.717, 1.165) is 27.9 Å². The Labute approximate surface area is 160 Å². The van der Waals surface area contributed by atoms with Crippen molar-refractivity contribution in [3.05, 3.63) is 64.7 Å². The number of benzene rings is 2. The third kappa shape index (κ3) is 3.23. The fourth-order valence-corrected chi connectivity index (χ4v) is 6.18. The van der Waals surface area contributed by atoms with Gasteiger partial charge in [-0.3, -0.25) is 4.90 Å². The number of nitrogens with zero attached hydrogens (tertiary/aromatic N) is 2. The maximum Gasteiger partial charge on any atom is 0.325 e. The predicted octanol–water partition coefficient (Wildman–Crippen LogP) is 3.22. The van der Waals surface area contributed by atoms with Gasteiger partial charge in [-0.25, -0.2) is 13.2 Å². The Balaban J connectivity index is 1.75. The Morgan fingerprint density at radius 2 is 1.67 bits per heavy atom. The summed E-state index contributed by atoms with van der Waals surface area (Å²) in [7, 11) is -3.16. The molecule has 27 heavy (non-hydrogen) atoms. The zero-order valence-electron chi connectivity index (χ0n) is 15.8. The minimum atomic E-state index is -3.16. The van der Waals surface area contributed by atoms with Crippen molar-refractivity contribution in [2.75, 3.05) is 16.4 Å². The SMILES string of the molecule is Cc1cccc(CN2C(=O)N(c3cc(C)ccc3C)[C@H]3CS(=O)(=O)C[C@@H]32)c1. The molecule has 0 aromatic heterocycles. The van der Waals surface area contributed by atoms with Crippen LogP contribution in [0.15, 0.2) is 42.5 Å². The number of hydrogen-bond acceptors (Lipinski definition) is 3. The third-order valence-corrected chi connectivity index (χ3v) is 7.24. The van der Waals surface area contributed by atoms with Crippen LogP contribution < -0.4 is 4.90 Å². The van der Waals surface area contributed by atoms with E-state index < -0.39 is 9.84 Å². The van der Waals surface area contributed by atoms with Crippen LogP contribution in [0.1, 0.15) is 22.3 Å². The van der Waals surface area contributed by atoms with E-state index in [-0.39, 0.29) is 29.6 Å². The van der Waals surface area contributed by atoms with Gasteiger partial charge in [-0.1, -0.05) is 42.0 Å². The van der Waals surface area contributed by atoms with E-state index in [4.69, 9.17) is 0 Å². The number of amides is 2. The monoisotopic (exact) mass is 384 g/mol. The molecule has 4 rings (SSSR count). The minimum Gasteiger partial charge on any atom is -0.314 e. The van der Waals surface area contributed by atoms with Gasteiger partial charge in [0.15, 0.2) is 9.84 Å². The summed E-state index contributed by atoms with van der Waals surface area (Å²) >= 11 is 0. The molecule has 0 bridgehead atoms. The van der Waals surface area contributed by atoms with E-state index in [1.54, 1.807) is 9.80 Å². The van der Waals surface area contributed by atoms with E-state index in [1.165, 1.54) is 0 Å². The molecule has 2 atom stereocenters. The third-order valence-electron chi connectivity index (χ3n) is 5.54. The molecule has 5 nitrogen and oxygen atoms in total. The maximum atomic E-state index is 13.3. The Morgan fingerprint density at radius 1 is 0.963 bits per heavy atom. The number of carbonyl (C=O) groups is 1. The van der Waals surface area contributed by atoms with E-state index in [1.807, 2.05) is 63.2 Å². The first kappa shape index (κ1) is 18.0. The van der Waals surface area contributed by atoms with Crippen LogP contribution in [0.3, 0.4) is 0 Å². The summed E-state index contributed by atoms with van der Waals surface area (Å²) in [5.74, 6) is 0.0672. The molecule has 0 aliphatic carbocycles. The van der Waals surface area contributed by atoms with Crippen molar-refractivity contribution in [1.29, 1.82) is 0 Å². The largest absolute Gasteiger partial charge is 0.325 e. The zero-order chi connectivity index (χ0) is 19.3. The molecule has 0 radical (unpaired) electrons. The second-order valence-electron chi connectivity index (χ2n) is 7.77. The summed E-state index contributed by atoms with van der Waals surface area (Å²) in [4.78, 5) is 16.8. The standard InChI is InChI=1S/C21H24N2O3S/c1-14-5-4-6-17(9-14)11-22-19-12-27(25,26)13-20(19)23(21(22)24)18-10-15(2)7-8-16(18)3/h4-10,19-20H,11-13H2,1-3H3/t19-,20-/m0/s1. The van der Waals surface area contributed by atoms with Crippen LogP contribution >= 0.6 is 0 Å². The smallest absolute Gasteiger partial charge is 0.314 e. The highest BCUT2D eigenvalue weighted by atomic mass is 32.2. The Hall–Kier alpha value is -2.34. The van der Waals surface area contributed by atoms with Crippen LogP contribution in [0.25, 0.3) is 0 Å². The van der Waals surface area contributed by atoms with Gasteiger partial charge in [0.05, 0.1) is 23.6 Å². The van der Waals surface area contributed by atoms with Crippen LogP contribution in [0.5, 0.6) is 0 Å². The van der Waals surface area contributed by atoms with Gasteiger partial charge in [0.1, 0.15) is 0 Å². The van der Waals surface area contributed by atoms with Gasteiger partial charge < -0.3 is 4.90 Å². The summed E-state index contributed by atoms with van der Waals surface area (Å²) in [6, 6.07) is 13.3. The van der Waals surface area contributed by atoms with Gasteiger partial charge in [0.2, 0.25) is 0 Å². The summed E-state index contributed by atoms with van der Waals surface area (Å²) in [5, 5.41) is 0. The van der Waals surface area contributed by atoms with Crippen molar-refractivity contribution in [1.82, 2.24) is 4.90 Å². The van der Waals surface area contributed by atoms with Crippen molar-refractivity contribution in [2.24, 2.45) is 0 Å². The molecular formula is C21H24N2O3S. The molecule has 2 fully saturated rings. The number of carbonyl (C=O) groups excluding carboxylic acids is 1. The Bertz CT molecular complexity index is 1020. The number of hydrogen-bond donors (Lipinski definition) is 0. The highest BCUT2D eigenvalue weighted by Gasteiger charge is 2.54. The van der Waals surface area contributed by atoms with Crippen molar-refractivity contribution in [3.8, 4) is 0 Å². The number of anilines is 1. The highest BCUT2D eigenvalue weighted by molar-refractivity contribution is 7.91. The molecule has 0 N–H and O–H groups in total. The molecule has 2 saturated heterocycles. The minimum absolute atomic E-state index is 0.0289. The summed E-state index contributed by atoms with van der Waals surface area (Å²) in [6.07, 6.45) is 0. The first-order chi connectivity index (χ1) is 12.7. The lowest BCUT2D eigenvalue weighted by atomic mass is 10.1. The number of rotatable bonds is 3. The van der Waals surface area contributed by atoms with Crippen molar-refractivity contribution >= 4 is 21.6 Å². The number of urea groups is 1. The molecule has 6 heteroatoms. The summed E-state index contributed by atoms with van der Waals surface area (Å²) in [6.45, 7) is 6.39. The number of fused-ring (bicyclic) bond motifs is 1. The van der Waals surface area contributed by atoms with Crippen LogP contribution in [-0.4, -0.2) is 42.9 Å². The average molecular weight is 385 g/mol. The fourth-order valence-electron chi connectivity index (χ4n) is 4.23. The average Bonchev–Trinajstić information content (AvgIpc) is 3.01. The lowest BCUT2D eigenvalue weighted by Crippen LogP contribution is -2.38. The van der Waals surface area contributed by atoms with E-state index in [0.29, 0.717) is 6.54 Å².